The molecule has 0 saturated carbocycles. The van der Waals surface area contributed by atoms with Crippen molar-refractivity contribution in [3.8, 4) is 0 Å². The molecule has 1 rings (SSSR count). The van der Waals surface area contributed by atoms with Crippen molar-refractivity contribution < 1.29 is 0 Å². The summed E-state index contributed by atoms with van der Waals surface area (Å²) >= 11 is 5.79. The van der Waals surface area contributed by atoms with Gasteiger partial charge < -0.3 is 0 Å². The Morgan fingerprint density at radius 1 is 1.10 bits per heavy atom. The van der Waals surface area contributed by atoms with E-state index in [2.05, 4.69) is 18.7 Å². The van der Waals surface area contributed by atoms with Gasteiger partial charge in [-0.15, -0.1) is 0 Å². The zero-order chi connectivity index (χ0) is 7.56. The third-order valence-electron chi connectivity index (χ3n) is 1.99. The third kappa shape index (κ3) is 2.11. The van der Waals surface area contributed by atoms with Crippen molar-refractivity contribution in [2.45, 2.75) is 19.9 Å². The van der Waals surface area contributed by atoms with Crippen molar-refractivity contribution in [1.29, 1.82) is 0 Å². The minimum atomic E-state index is 0.672. The highest BCUT2D eigenvalue weighted by molar-refractivity contribution is 6.13. The van der Waals surface area contributed by atoms with Gasteiger partial charge in [-0.2, -0.15) is 0 Å². The monoisotopic (exact) mass is 162 g/mol. The summed E-state index contributed by atoms with van der Waals surface area (Å²) in [6.45, 7) is 8.68. The van der Waals surface area contributed by atoms with E-state index < -0.39 is 0 Å². The van der Waals surface area contributed by atoms with Crippen LogP contribution in [0, 0.1) is 0 Å². The van der Waals surface area contributed by atoms with Crippen LogP contribution in [-0.4, -0.2) is 41.5 Å². The molecule has 0 N–H and O–H groups in total. The van der Waals surface area contributed by atoms with Crippen LogP contribution in [-0.2, 0) is 0 Å². The van der Waals surface area contributed by atoms with Crippen LogP contribution in [0.25, 0.3) is 0 Å². The van der Waals surface area contributed by atoms with E-state index in [0.29, 0.717) is 6.04 Å². The van der Waals surface area contributed by atoms with Crippen LogP contribution >= 0.6 is 11.8 Å². The first-order valence-corrected chi connectivity index (χ1v) is 4.18. The predicted molar refractivity (Wildman–Crippen MR) is 44.1 cm³/mol. The number of hydrogen-bond donors (Lipinski definition) is 0. The Balaban J connectivity index is 2.26. The van der Waals surface area contributed by atoms with Gasteiger partial charge in [-0.3, -0.25) is 4.90 Å². The van der Waals surface area contributed by atoms with Gasteiger partial charge in [-0.1, -0.05) is 0 Å². The first-order valence-electron chi connectivity index (χ1n) is 3.85. The molecule has 2 nitrogen and oxygen atoms in total. The van der Waals surface area contributed by atoms with Crippen molar-refractivity contribution in [1.82, 2.24) is 9.32 Å². The van der Waals surface area contributed by atoms with Gasteiger partial charge in [0.1, 0.15) is 0 Å². The second-order valence-corrected chi connectivity index (χ2v) is 3.52. The van der Waals surface area contributed by atoms with E-state index >= 15 is 0 Å². The van der Waals surface area contributed by atoms with E-state index in [1.807, 2.05) is 4.42 Å². The Hall–Kier alpha value is 0.210. The third-order valence-corrected chi connectivity index (χ3v) is 2.33. The fourth-order valence-corrected chi connectivity index (χ4v) is 1.37. The second-order valence-electron chi connectivity index (χ2n) is 3.04. The molecule has 0 bridgehead atoms. The lowest BCUT2D eigenvalue weighted by atomic mass is 10.3. The summed E-state index contributed by atoms with van der Waals surface area (Å²) in [5, 5.41) is 0. The summed E-state index contributed by atoms with van der Waals surface area (Å²) in [6, 6.07) is 0.672. The van der Waals surface area contributed by atoms with Gasteiger partial charge in [-0.05, 0) is 25.6 Å². The van der Waals surface area contributed by atoms with Gasteiger partial charge in [-0.25, -0.2) is 4.42 Å². The van der Waals surface area contributed by atoms with Crippen molar-refractivity contribution in [3.63, 3.8) is 0 Å². The molecule has 1 saturated heterocycles. The number of rotatable bonds is 1. The van der Waals surface area contributed by atoms with E-state index in [4.69, 9.17) is 11.8 Å². The highest BCUT2D eigenvalue weighted by Gasteiger charge is 2.16. The molecule has 3 heteroatoms. The maximum absolute atomic E-state index is 5.79. The summed E-state index contributed by atoms with van der Waals surface area (Å²) in [5.74, 6) is 0. The quantitative estimate of drug-likeness (QED) is 0.534. The fraction of sp³-hybridized carbons (Fsp3) is 1.00. The van der Waals surface area contributed by atoms with E-state index in [1.165, 1.54) is 0 Å². The maximum Gasteiger partial charge on any atom is 0.0267 e. The number of hydrogen-bond acceptors (Lipinski definition) is 2. The van der Waals surface area contributed by atoms with Gasteiger partial charge in [0.25, 0.3) is 0 Å². The minimum absolute atomic E-state index is 0.672. The SMILES string of the molecule is CC(C)N1CCN(Cl)CC1. The first kappa shape index (κ1) is 8.31. The van der Waals surface area contributed by atoms with Crippen molar-refractivity contribution >= 4 is 11.8 Å². The van der Waals surface area contributed by atoms with Gasteiger partial charge in [0.05, 0.1) is 0 Å². The fourth-order valence-electron chi connectivity index (χ4n) is 1.21. The highest BCUT2D eigenvalue weighted by Crippen LogP contribution is 2.06. The number of halogens is 1. The lowest BCUT2D eigenvalue weighted by Crippen LogP contribution is -2.45. The molecule has 0 atom stereocenters. The molecule has 0 aromatic carbocycles. The number of piperazine rings is 1. The second kappa shape index (κ2) is 3.56. The molecule has 0 spiro atoms. The minimum Gasteiger partial charge on any atom is -0.298 e. The lowest BCUT2D eigenvalue weighted by molar-refractivity contribution is 0.156. The smallest absolute Gasteiger partial charge is 0.0267 e. The van der Waals surface area contributed by atoms with Gasteiger partial charge in [0.2, 0.25) is 0 Å². The first-order chi connectivity index (χ1) is 4.70. The Kier molecular flexibility index (Phi) is 2.96. The normalized spacial score (nSPS) is 24.0. The topological polar surface area (TPSA) is 6.48 Å². The van der Waals surface area contributed by atoms with Crippen LogP contribution in [0.5, 0.6) is 0 Å². The summed E-state index contributed by atoms with van der Waals surface area (Å²) in [6.07, 6.45) is 0. The molecule has 1 fully saturated rings. The Bertz CT molecular complexity index is 97.8. The van der Waals surface area contributed by atoms with E-state index in [0.717, 1.165) is 26.2 Å². The van der Waals surface area contributed by atoms with Crippen molar-refractivity contribution in [2.75, 3.05) is 26.2 Å². The van der Waals surface area contributed by atoms with Crippen LogP contribution < -0.4 is 0 Å². The number of nitrogens with zero attached hydrogens (tertiary/aromatic N) is 2. The Labute approximate surface area is 67.9 Å². The van der Waals surface area contributed by atoms with E-state index in [9.17, 15) is 0 Å². The van der Waals surface area contributed by atoms with Crippen LogP contribution in [0.1, 0.15) is 13.8 Å². The van der Waals surface area contributed by atoms with Crippen LogP contribution in [0.3, 0.4) is 0 Å². The van der Waals surface area contributed by atoms with Crippen LogP contribution in [0.2, 0.25) is 0 Å². The molecule has 1 aliphatic rings. The van der Waals surface area contributed by atoms with Crippen molar-refractivity contribution in [2.24, 2.45) is 0 Å². The predicted octanol–water partition coefficient (Wildman–Crippen LogP) is 1.17. The van der Waals surface area contributed by atoms with E-state index in [-0.39, 0.29) is 0 Å². The maximum atomic E-state index is 5.79. The summed E-state index contributed by atoms with van der Waals surface area (Å²) in [7, 11) is 0. The molecule has 0 radical (unpaired) electrons. The van der Waals surface area contributed by atoms with Crippen LogP contribution in [0.4, 0.5) is 0 Å². The van der Waals surface area contributed by atoms with Gasteiger partial charge >= 0.3 is 0 Å². The standard InChI is InChI=1S/C7H15ClN2/c1-7(2)9-3-5-10(8)6-4-9/h7H,3-6H2,1-2H3. The lowest BCUT2D eigenvalue weighted by Gasteiger charge is -2.33. The highest BCUT2D eigenvalue weighted by atomic mass is 35.5. The molecule has 0 aromatic rings. The van der Waals surface area contributed by atoms with E-state index in [1.54, 1.807) is 0 Å². The Morgan fingerprint density at radius 2 is 1.60 bits per heavy atom. The molecule has 0 amide bonds. The molecule has 10 heavy (non-hydrogen) atoms. The van der Waals surface area contributed by atoms with Crippen molar-refractivity contribution in [3.05, 3.63) is 0 Å². The molecule has 60 valence electrons. The molecule has 0 aromatic heterocycles. The molecule has 0 unspecified atom stereocenters. The molecular formula is C7H15ClN2. The zero-order valence-electron chi connectivity index (χ0n) is 6.68. The molecule has 1 aliphatic heterocycles. The summed E-state index contributed by atoms with van der Waals surface area (Å²) in [4.78, 5) is 2.44. The zero-order valence-corrected chi connectivity index (χ0v) is 7.43. The van der Waals surface area contributed by atoms with Gasteiger partial charge in [0, 0.05) is 32.2 Å². The average Bonchev–Trinajstić information content (AvgIpc) is 1.88. The molecular weight excluding hydrogens is 148 g/mol. The Morgan fingerprint density at radius 3 is 2.00 bits per heavy atom. The molecule has 1 heterocycles. The largest absolute Gasteiger partial charge is 0.298 e. The average molecular weight is 163 g/mol. The van der Waals surface area contributed by atoms with Crippen LogP contribution in [0.15, 0.2) is 0 Å². The summed E-state index contributed by atoms with van der Waals surface area (Å²) < 4.78 is 1.86. The summed E-state index contributed by atoms with van der Waals surface area (Å²) in [5.41, 5.74) is 0. The van der Waals surface area contributed by atoms with Gasteiger partial charge in [0.15, 0.2) is 0 Å². The molecule has 0 aliphatic carbocycles.